The summed E-state index contributed by atoms with van der Waals surface area (Å²) in [6, 6.07) is 0.212. The smallest absolute Gasteiger partial charge is 0.310 e. The second-order valence-corrected chi connectivity index (χ2v) is 3.75. The van der Waals surface area contributed by atoms with Gasteiger partial charge in [0.2, 0.25) is 0 Å². The van der Waals surface area contributed by atoms with Gasteiger partial charge in [-0.15, -0.1) is 0 Å². The van der Waals surface area contributed by atoms with Gasteiger partial charge in [-0.25, -0.2) is 0 Å². The molecule has 0 aliphatic heterocycles. The number of carboxylic acid groups (broad SMARTS) is 1. The van der Waals surface area contributed by atoms with Crippen LogP contribution in [0.2, 0.25) is 0 Å². The van der Waals surface area contributed by atoms with Gasteiger partial charge in [-0.3, -0.25) is 4.79 Å². The third-order valence-corrected chi connectivity index (χ3v) is 2.05. The van der Waals surface area contributed by atoms with E-state index >= 15 is 0 Å². The van der Waals surface area contributed by atoms with Gasteiger partial charge < -0.3 is 10.4 Å². The van der Waals surface area contributed by atoms with Crippen molar-refractivity contribution >= 4 is 5.97 Å². The van der Waals surface area contributed by atoms with E-state index in [1.165, 1.54) is 0 Å². The van der Waals surface area contributed by atoms with Gasteiger partial charge in [-0.1, -0.05) is 12.2 Å². The summed E-state index contributed by atoms with van der Waals surface area (Å²) in [7, 11) is 1.86. The van der Waals surface area contributed by atoms with Crippen LogP contribution in [0.15, 0.2) is 12.2 Å². The molecule has 14 heavy (non-hydrogen) atoms. The Hall–Kier alpha value is -0.960. The maximum atomic E-state index is 10.5. The molecule has 1 unspecified atom stereocenters. The van der Waals surface area contributed by atoms with Crippen LogP contribution < -0.4 is 5.32 Å². The van der Waals surface area contributed by atoms with Crippen molar-refractivity contribution in [1.29, 1.82) is 0 Å². The molecule has 0 spiro atoms. The lowest BCUT2D eigenvalue weighted by Crippen LogP contribution is -2.25. The van der Waals surface area contributed by atoms with Crippen molar-refractivity contribution in [2.24, 2.45) is 11.8 Å². The van der Waals surface area contributed by atoms with Gasteiger partial charge in [0.05, 0.1) is 18.8 Å². The Morgan fingerprint density at radius 2 is 2.07 bits per heavy atom. The lowest BCUT2D eigenvalue weighted by atomic mass is 10.0. The number of aliphatic carboxylic acids is 1. The molecule has 0 aromatic heterocycles. The van der Waals surface area contributed by atoms with Gasteiger partial charge in [0.15, 0.2) is 0 Å². The van der Waals surface area contributed by atoms with Crippen LogP contribution >= 0.6 is 0 Å². The Morgan fingerprint density at radius 3 is 2.43 bits per heavy atom. The van der Waals surface area contributed by atoms with Crippen molar-refractivity contribution in [1.82, 2.24) is 5.32 Å². The summed E-state index contributed by atoms with van der Waals surface area (Å²) < 4.78 is 0. The summed E-state index contributed by atoms with van der Waals surface area (Å²) in [4.78, 5) is 10.5. The van der Waals surface area contributed by atoms with Crippen molar-refractivity contribution < 1.29 is 9.90 Å². The molecule has 0 saturated carbocycles. The number of carbonyl (C=O) groups is 1. The summed E-state index contributed by atoms with van der Waals surface area (Å²) in [5, 5.41) is 11.8. The van der Waals surface area contributed by atoms with Gasteiger partial charge in [0, 0.05) is 12.5 Å². The second-order valence-electron chi connectivity index (χ2n) is 3.75. The number of rotatable bonds is 6. The van der Waals surface area contributed by atoms with Gasteiger partial charge in [-0.2, -0.15) is 0 Å². The fourth-order valence-electron chi connectivity index (χ4n) is 1.11. The molecule has 0 bridgehead atoms. The molecular weight excluding hydrogens is 178 g/mol. The van der Waals surface area contributed by atoms with Crippen LogP contribution in [-0.4, -0.2) is 24.2 Å². The molecule has 0 aliphatic rings. The molecule has 0 radical (unpaired) electrons. The lowest BCUT2D eigenvalue weighted by Gasteiger charge is -2.11. The quantitative estimate of drug-likeness (QED) is 0.504. The molecule has 0 heterocycles. The summed E-state index contributed by atoms with van der Waals surface area (Å²) in [5.74, 6) is -0.859. The Bertz CT molecular complexity index is 199. The third kappa shape index (κ3) is 5.65. The summed E-state index contributed by atoms with van der Waals surface area (Å²) >= 11 is 0. The molecular formula is C11H20NO2+. The monoisotopic (exact) mass is 198 g/mol. The molecule has 0 aromatic carbocycles. The normalized spacial score (nSPS) is 17.9. The van der Waals surface area contributed by atoms with E-state index in [1.807, 2.05) is 20.0 Å². The minimum absolute atomic E-state index is 0.212. The molecule has 0 aliphatic carbocycles. The van der Waals surface area contributed by atoms with Crippen molar-refractivity contribution in [2.45, 2.75) is 26.3 Å². The third-order valence-electron chi connectivity index (χ3n) is 2.05. The highest BCUT2D eigenvalue weighted by Crippen LogP contribution is 2.06. The fraction of sp³-hybridized carbons (Fsp3) is 0.636. The minimum atomic E-state index is -0.793. The topological polar surface area (TPSA) is 49.3 Å². The maximum Gasteiger partial charge on any atom is 0.310 e. The Labute approximate surface area is 86.2 Å². The molecule has 3 heteroatoms. The Kier molecular flexibility index (Phi) is 6.04. The van der Waals surface area contributed by atoms with Gasteiger partial charge >= 0.3 is 5.97 Å². The molecule has 3 nitrogen and oxygen atoms in total. The number of carboxylic acids is 1. The molecule has 80 valence electrons. The van der Waals surface area contributed by atoms with Gasteiger partial charge in [0.25, 0.3) is 0 Å². The van der Waals surface area contributed by atoms with E-state index in [4.69, 9.17) is 5.11 Å². The minimum Gasteiger partial charge on any atom is -0.481 e. The summed E-state index contributed by atoms with van der Waals surface area (Å²) in [6.07, 6.45) is 4.53. The van der Waals surface area contributed by atoms with E-state index < -0.39 is 11.9 Å². The number of hydrogen-bond donors (Lipinski definition) is 2. The predicted octanol–water partition coefficient (Wildman–Crippen LogP) is 1.71. The van der Waals surface area contributed by atoms with E-state index in [1.54, 1.807) is 13.0 Å². The van der Waals surface area contributed by atoms with Crippen LogP contribution in [0.1, 0.15) is 20.3 Å². The first kappa shape index (κ1) is 13.0. The molecule has 2 N–H and O–H groups in total. The van der Waals surface area contributed by atoms with Crippen molar-refractivity contribution in [3.05, 3.63) is 19.1 Å². The molecule has 0 rings (SSSR count). The van der Waals surface area contributed by atoms with Crippen LogP contribution in [0, 0.1) is 18.8 Å². The largest absolute Gasteiger partial charge is 0.481 e. The molecule has 0 amide bonds. The van der Waals surface area contributed by atoms with Crippen LogP contribution in [0.4, 0.5) is 0 Å². The molecule has 0 aromatic rings. The average Bonchev–Trinajstić information content (AvgIpc) is 2.10. The predicted molar refractivity (Wildman–Crippen MR) is 57.9 cm³/mol. The SMILES string of the molecule is [CH2+]C(C)C[C@@H](/C=C/[C@H](C)C(=O)O)NC. The summed E-state index contributed by atoms with van der Waals surface area (Å²) in [6.45, 7) is 7.60. The standard InChI is InChI=1S/C11H19NO2/c1-8(2)7-10(12-4)6-5-9(3)11(13)14/h5-6,8-10,12H,1,7H2,2-4H3/p+1/b6-5+/t8?,9-,10+/m0/s1. The number of nitrogens with one attached hydrogen (secondary N) is 1. The molecule has 0 saturated heterocycles. The average molecular weight is 198 g/mol. The first-order chi connectivity index (χ1) is 6.47. The summed E-state index contributed by atoms with van der Waals surface area (Å²) in [5.41, 5.74) is 0. The zero-order valence-corrected chi connectivity index (χ0v) is 9.16. The molecule has 3 atom stereocenters. The van der Waals surface area contributed by atoms with E-state index in [0.29, 0.717) is 5.92 Å². The fourth-order valence-corrected chi connectivity index (χ4v) is 1.11. The highest BCUT2D eigenvalue weighted by Gasteiger charge is 2.10. The Morgan fingerprint density at radius 1 is 1.50 bits per heavy atom. The highest BCUT2D eigenvalue weighted by atomic mass is 16.4. The zero-order chi connectivity index (χ0) is 11.1. The second kappa shape index (κ2) is 6.49. The van der Waals surface area contributed by atoms with E-state index in [2.05, 4.69) is 12.2 Å². The highest BCUT2D eigenvalue weighted by molar-refractivity contribution is 5.71. The van der Waals surface area contributed by atoms with Crippen LogP contribution in [0.25, 0.3) is 0 Å². The Balaban J connectivity index is 4.09. The van der Waals surface area contributed by atoms with Crippen LogP contribution in [0.3, 0.4) is 0 Å². The first-order valence-corrected chi connectivity index (χ1v) is 4.88. The number of hydrogen-bond acceptors (Lipinski definition) is 2. The van der Waals surface area contributed by atoms with E-state index in [9.17, 15) is 4.79 Å². The molecule has 0 fully saturated rings. The van der Waals surface area contributed by atoms with Gasteiger partial charge in [-0.05, 0) is 20.9 Å². The first-order valence-electron chi connectivity index (χ1n) is 4.88. The van der Waals surface area contributed by atoms with Crippen LogP contribution in [-0.2, 0) is 4.79 Å². The van der Waals surface area contributed by atoms with Crippen LogP contribution in [0.5, 0.6) is 0 Å². The van der Waals surface area contributed by atoms with Crippen molar-refractivity contribution in [3.8, 4) is 0 Å². The lowest BCUT2D eigenvalue weighted by molar-refractivity contribution is -0.139. The van der Waals surface area contributed by atoms with Crippen molar-refractivity contribution in [3.63, 3.8) is 0 Å². The van der Waals surface area contributed by atoms with Crippen molar-refractivity contribution in [2.75, 3.05) is 7.05 Å². The van der Waals surface area contributed by atoms with E-state index in [-0.39, 0.29) is 6.04 Å². The zero-order valence-electron chi connectivity index (χ0n) is 9.16. The van der Waals surface area contributed by atoms with Gasteiger partial charge in [0.1, 0.15) is 0 Å². The number of likely N-dealkylation sites (N-methyl/N-ethyl adjacent to an activating group) is 1. The van der Waals surface area contributed by atoms with E-state index in [0.717, 1.165) is 6.42 Å². The maximum absolute atomic E-state index is 10.5.